The lowest BCUT2D eigenvalue weighted by atomic mass is 10.0. The molecule has 3 heterocycles. The Hall–Kier alpha value is -2.61. The standard InChI is InChI=1S/C21H17ClN4OS2/c1-12-20(29-13(2)24-12)17-11-28-21(25-17)26-19-8-5-15(10-23-19)18(27)9-14-3-6-16(22)7-4-14/h3-8,10-11H,9H2,1-2H3,(H,23,25,26). The van der Waals surface area contributed by atoms with Gasteiger partial charge in [0.05, 0.1) is 21.3 Å². The molecule has 0 saturated heterocycles. The highest BCUT2D eigenvalue weighted by Gasteiger charge is 2.12. The molecule has 0 amide bonds. The van der Waals surface area contributed by atoms with Crippen LogP contribution in [0.25, 0.3) is 10.6 Å². The summed E-state index contributed by atoms with van der Waals surface area (Å²) in [5.41, 5.74) is 3.40. The van der Waals surface area contributed by atoms with Gasteiger partial charge in [0, 0.05) is 28.6 Å². The predicted molar refractivity (Wildman–Crippen MR) is 120 cm³/mol. The molecule has 0 radical (unpaired) electrons. The lowest BCUT2D eigenvalue weighted by Crippen LogP contribution is -2.04. The van der Waals surface area contributed by atoms with Crippen molar-refractivity contribution in [2.45, 2.75) is 20.3 Å². The quantitative estimate of drug-likeness (QED) is 0.367. The van der Waals surface area contributed by atoms with Gasteiger partial charge in [-0.25, -0.2) is 15.0 Å². The Balaban J connectivity index is 1.42. The molecule has 0 bridgehead atoms. The zero-order chi connectivity index (χ0) is 20.4. The maximum Gasteiger partial charge on any atom is 0.188 e. The maximum absolute atomic E-state index is 12.5. The fourth-order valence-corrected chi connectivity index (χ4v) is 4.63. The van der Waals surface area contributed by atoms with Gasteiger partial charge in [-0.15, -0.1) is 22.7 Å². The van der Waals surface area contributed by atoms with Crippen LogP contribution in [0, 0.1) is 13.8 Å². The number of nitrogens with one attached hydrogen (secondary N) is 1. The fraction of sp³-hybridized carbons (Fsp3) is 0.143. The summed E-state index contributed by atoms with van der Waals surface area (Å²) in [5, 5.41) is 7.64. The van der Waals surface area contributed by atoms with Crippen molar-refractivity contribution in [2.24, 2.45) is 0 Å². The van der Waals surface area contributed by atoms with Gasteiger partial charge in [0.15, 0.2) is 10.9 Å². The molecule has 1 aromatic carbocycles. The third kappa shape index (κ3) is 4.70. The summed E-state index contributed by atoms with van der Waals surface area (Å²) < 4.78 is 0. The number of halogens is 1. The van der Waals surface area contributed by atoms with Crippen LogP contribution in [0.5, 0.6) is 0 Å². The van der Waals surface area contributed by atoms with Crippen molar-refractivity contribution in [3.63, 3.8) is 0 Å². The molecular weight excluding hydrogens is 424 g/mol. The number of aromatic nitrogens is 3. The average molecular weight is 441 g/mol. The summed E-state index contributed by atoms with van der Waals surface area (Å²) in [5.74, 6) is 0.657. The molecule has 0 saturated carbocycles. The monoisotopic (exact) mass is 440 g/mol. The van der Waals surface area contributed by atoms with Crippen LogP contribution in [0.1, 0.15) is 26.6 Å². The number of thiazole rings is 2. The Morgan fingerprint density at radius 2 is 1.90 bits per heavy atom. The SMILES string of the molecule is Cc1nc(C)c(-c2csc(Nc3ccc(C(=O)Cc4ccc(Cl)cc4)cn3)n2)s1. The number of carbonyl (C=O) groups excluding carboxylic acids is 1. The van der Waals surface area contributed by atoms with Crippen LogP contribution in [-0.2, 0) is 6.42 Å². The van der Waals surface area contributed by atoms with Crippen LogP contribution < -0.4 is 5.32 Å². The Bertz CT molecular complexity index is 1150. The van der Waals surface area contributed by atoms with E-state index in [2.05, 4.69) is 20.3 Å². The normalized spacial score (nSPS) is 10.9. The molecule has 0 unspecified atom stereocenters. The van der Waals surface area contributed by atoms with Crippen molar-refractivity contribution in [3.05, 3.63) is 74.8 Å². The second-order valence-corrected chi connectivity index (χ2v) is 8.97. The Kier molecular flexibility index (Phi) is 5.71. The number of ketones is 1. The van der Waals surface area contributed by atoms with Crippen LogP contribution in [0.4, 0.5) is 10.9 Å². The number of pyridine rings is 1. The number of anilines is 2. The minimum absolute atomic E-state index is 0.0129. The van der Waals surface area contributed by atoms with Crippen LogP contribution in [0.15, 0.2) is 48.0 Å². The zero-order valence-electron chi connectivity index (χ0n) is 15.8. The van der Waals surface area contributed by atoms with Gasteiger partial charge in [-0.2, -0.15) is 0 Å². The topological polar surface area (TPSA) is 67.8 Å². The van der Waals surface area contributed by atoms with Gasteiger partial charge in [0.1, 0.15) is 5.82 Å². The summed E-state index contributed by atoms with van der Waals surface area (Å²) in [7, 11) is 0. The van der Waals surface area contributed by atoms with Gasteiger partial charge >= 0.3 is 0 Å². The fourth-order valence-electron chi connectivity index (χ4n) is 2.84. The van der Waals surface area contributed by atoms with Crippen LogP contribution in [0.3, 0.4) is 0 Å². The molecule has 1 N–H and O–H groups in total. The second-order valence-electron chi connectivity index (χ2n) is 6.47. The first kappa shape index (κ1) is 19.7. The maximum atomic E-state index is 12.5. The van der Waals surface area contributed by atoms with E-state index in [1.807, 2.05) is 31.4 Å². The van der Waals surface area contributed by atoms with E-state index in [0.717, 1.165) is 32.0 Å². The molecule has 0 spiro atoms. The van der Waals surface area contributed by atoms with E-state index in [0.29, 0.717) is 22.8 Å². The van der Waals surface area contributed by atoms with Crippen molar-refractivity contribution in [1.29, 1.82) is 0 Å². The third-order valence-corrected chi connectivity index (χ3v) is 6.34. The highest BCUT2D eigenvalue weighted by Crippen LogP contribution is 2.32. The minimum Gasteiger partial charge on any atom is -0.316 e. The molecule has 0 aliphatic carbocycles. The molecular formula is C21H17ClN4OS2. The third-order valence-electron chi connectivity index (χ3n) is 4.24. The Morgan fingerprint density at radius 3 is 2.55 bits per heavy atom. The molecule has 8 heteroatoms. The van der Waals surface area contributed by atoms with E-state index in [9.17, 15) is 4.79 Å². The first-order valence-electron chi connectivity index (χ1n) is 8.88. The van der Waals surface area contributed by atoms with Crippen LogP contribution in [0.2, 0.25) is 5.02 Å². The highest BCUT2D eigenvalue weighted by atomic mass is 35.5. The lowest BCUT2D eigenvalue weighted by molar-refractivity contribution is 0.0992. The smallest absolute Gasteiger partial charge is 0.188 e. The highest BCUT2D eigenvalue weighted by molar-refractivity contribution is 7.16. The van der Waals surface area contributed by atoms with Crippen molar-refractivity contribution in [1.82, 2.24) is 15.0 Å². The van der Waals surface area contributed by atoms with E-state index in [4.69, 9.17) is 11.6 Å². The van der Waals surface area contributed by atoms with Gasteiger partial charge in [-0.05, 0) is 43.7 Å². The van der Waals surface area contributed by atoms with Gasteiger partial charge in [0.25, 0.3) is 0 Å². The second kappa shape index (κ2) is 8.41. The number of hydrogen-bond acceptors (Lipinski definition) is 7. The summed E-state index contributed by atoms with van der Waals surface area (Å²) >= 11 is 9.03. The van der Waals surface area contributed by atoms with E-state index in [1.165, 1.54) is 11.3 Å². The summed E-state index contributed by atoms with van der Waals surface area (Å²) in [4.78, 5) is 27.0. The van der Waals surface area contributed by atoms with E-state index in [1.54, 1.807) is 41.8 Å². The number of Topliss-reactive ketones (excluding diaryl/α,β-unsaturated/α-hetero) is 1. The number of hydrogen-bond donors (Lipinski definition) is 1. The van der Waals surface area contributed by atoms with Crippen LogP contribution >= 0.6 is 34.3 Å². The van der Waals surface area contributed by atoms with Crippen molar-refractivity contribution >= 4 is 51.0 Å². The summed E-state index contributed by atoms with van der Waals surface area (Å²) in [6.45, 7) is 3.99. The molecule has 146 valence electrons. The summed E-state index contributed by atoms with van der Waals surface area (Å²) in [6, 6.07) is 10.8. The number of aryl methyl sites for hydroxylation is 2. The van der Waals surface area contributed by atoms with Gasteiger partial charge in [-0.3, -0.25) is 4.79 Å². The molecule has 5 nitrogen and oxygen atoms in total. The Labute approximate surface area is 181 Å². The zero-order valence-corrected chi connectivity index (χ0v) is 18.2. The summed E-state index contributed by atoms with van der Waals surface area (Å²) in [6.07, 6.45) is 1.90. The van der Waals surface area contributed by atoms with Gasteiger partial charge < -0.3 is 5.32 Å². The van der Waals surface area contributed by atoms with Crippen molar-refractivity contribution in [2.75, 3.05) is 5.32 Å². The molecule has 0 atom stereocenters. The van der Waals surface area contributed by atoms with E-state index in [-0.39, 0.29) is 5.78 Å². The first-order valence-corrected chi connectivity index (χ1v) is 11.0. The van der Waals surface area contributed by atoms with Crippen LogP contribution in [-0.4, -0.2) is 20.7 Å². The molecule has 0 aliphatic rings. The molecule has 0 aliphatic heterocycles. The van der Waals surface area contributed by atoms with E-state index < -0.39 is 0 Å². The molecule has 4 rings (SSSR count). The predicted octanol–water partition coefficient (Wildman–Crippen LogP) is 6.10. The molecule has 3 aromatic heterocycles. The molecule has 0 fully saturated rings. The number of nitrogens with zero attached hydrogens (tertiary/aromatic N) is 3. The van der Waals surface area contributed by atoms with Gasteiger partial charge in [-0.1, -0.05) is 23.7 Å². The van der Waals surface area contributed by atoms with Crippen molar-refractivity contribution < 1.29 is 4.79 Å². The largest absolute Gasteiger partial charge is 0.316 e. The lowest BCUT2D eigenvalue weighted by Gasteiger charge is -2.04. The first-order chi connectivity index (χ1) is 14.0. The number of carbonyl (C=O) groups is 1. The molecule has 4 aromatic rings. The minimum atomic E-state index is 0.0129. The average Bonchev–Trinajstić information content (AvgIpc) is 3.29. The Morgan fingerprint density at radius 1 is 1.10 bits per heavy atom. The van der Waals surface area contributed by atoms with E-state index >= 15 is 0 Å². The van der Waals surface area contributed by atoms with Crippen molar-refractivity contribution in [3.8, 4) is 10.6 Å². The molecule has 29 heavy (non-hydrogen) atoms. The van der Waals surface area contributed by atoms with Gasteiger partial charge in [0.2, 0.25) is 0 Å². The number of benzene rings is 1. The number of rotatable bonds is 6.